The summed E-state index contributed by atoms with van der Waals surface area (Å²) in [5.41, 5.74) is 1.40. The van der Waals surface area contributed by atoms with Gasteiger partial charge in [0.2, 0.25) is 0 Å². The second-order valence-corrected chi connectivity index (χ2v) is 6.02. The molecule has 3 rings (SSSR count). The van der Waals surface area contributed by atoms with Gasteiger partial charge in [-0.05, 0) is 43.4 Å². The number of hydrogen-bond donors (Lipinski definition) is 1. The van der Waals surface area contributed by atoms with Crippen LogP contribution < -0.4 is 10.1 Å². The van der Waals surface area contributed by atoms with Gasteiger partial charge >= 0.3 is 0 Å². The fourth-order valence-electron chi connectivity index (χ4n) is 3.13. The van der Waals surface area contributed by atoms with E-state index in [2.05, 4.69) is 39.5 Å². The van der Waals surface area contributed by atoms with Gasteiger partial charge in [-0.15, -0.1) is 24.0 Å². The second kappa shape index (κ2) is 8.04. The highest BCUT2D eigenvalue weighted by atomic mass is 127. The Bertz CT molecular complexity index is 499. The number of methoxy groups -OCH3 is 1. The van der Waals surface area contributed by atoms with Crippen molar-refractivity contribution >= 4 is 29.9 Å². The quantitative estimate of drug-likeness (QED) is 0.468. The molecule has 2 fully saturated rings. The smallest absolute Gasteiger partial charge is 0.193 e. The van der Waals surface area contributed by atoms with Crippen molar-refractivity contribution < 1.29 is 4.74 Å². The molecule has 1 heterocycles. The molecule has 4 nitrogen and oxygen atoms in total. The van der Waals surface area contributed by atoms with E-state index in [1.54, 1.807) is 7.11 Å². The van der Waals surface area contributed by atoms with Crippen LogP contribution in [0.25, 0.3) is 0 Å². The summed E-state index contributed by atoms with van der Waals surface area (Å²) in [7, 11) is 3.60. The van der Waals surface area contributed by atoms with E-state index in [0.717, 1.165) is 24.8 Å². The van der Waals surface area contributed by atoms with Crippen LogP contribution in [-0.2, 0) is 0 Å². The molecule has 0 spiro atoms. The minimum Gasteiger partial charge on any atom is -0.497 e. The van der Waals surface area contributed by atoms with Gasteiger partial charge in [0.05, 0.1) is 7.11 Å². The Morgan fingerprint density at radius 3 is 2.50 bits per heavy atom. The molecule has 5 heteroatoms. The Kier molecular flexibility index (Phi) is 6.35. The maximum Gasteiger partial charge on any atom is 0.193 e. The number of ether oxygens (including phenoxy) is 1. The predicted octanol–water partition coefficient (Wildman–Crippen LogP) is 3.23. The first kappa shape index (κ1) is 17.4. The number of halogens is 1. The number of nitrogens with zero attached hydrogens (tertiary/aromatic N) is 2. The zero-order valence-electron chi connectivity index (χ0n) is 13.4. The van der Waals surface area contributed by atoms with Gasteiger partial charge in [0.15, 0.2) is 5.96 Å². The van der Waals surface area contributed by atoms with Gasteiger partial charge in [0, 0.05) is 32.1 Å². The fourth-order valence-corrected chi connectivity index (χ4v) is 3.13. The fraction of sp³-hybridized carbons (Fsp3) is 0.588. The Morgan fingerprint density at radius 2 is 1.95 bits per heavy atom. The van der Waals surface area contributed by atoms with Gasteiger partial charge in [-0.25, -0.2) is 0 Å². The maximum absolute atomic E-state index is 5.23. The average Bonchev–Trinajstić information content (AvgIpc) is 2.96. The molecule has 0 amide bonds. The molecule has 1 atom stereocenters. The summed E-state index contributed by atoms with van der Waals surface area (Å²) in [6, 6.07) is 9.13. The minimum absolute atomic E-state index is 0. The summed E-state index contributed by atoms with van der Waals surface area (Å²) in [5, 5.41) is 3.59. The van der Waals surface area contributed by atoms with Gasteiger partial charge in [-0.2, -0.15) is 0 Å². The van der Waals surface area contributed by atoms with Gasteiger partial charge in [-0.3, -0.25) is 4.99 Å². The molecule has 1 aliphatic heterocycles. The molecule has 1 saturated heterocycles. The molecule has 1 unspecified atom stereocenters. The number of benzene rings is 1. The van der Waals surface area contributed by atoms with Gasteiger partial charge < -0.3 is 15.0 Å². The maximum atomic E-state index is 5.23. The Labute approximate surface area is 150 Å². The van der Waals surface area contributed by atoms with Crippen LogP contribution in [0.1, 0.15) is 37.2 Å². The van der Waals surface area contributed by atoms with Crippen LogP contribution in [0.5, 0.6) is 5.75 Å². The highest BCUT2D eigenvalue weighted by Crippen LogP contribution is 2.29. The third-order valence-corrected chi connectivity index (χ3v) is 4.73. The van der Waals surface area contributed by atoms with Crippen molar-refractivity contribution in [3.8, 4) is 5.75 Å². The van der Waals surface area contributed by atoms with Crippen LogP contribution >= 0.6 is 24.0 Å². The van der Waals surface area contributed by atoms with E-state index in [-0.39, 0.29) is 24.0 Å². The number of guanidine groups is 1. The lowest BCUT2D eigenvalue weighted by Gasteiger charge is -2.31. The molecule has 0 radical (unpaired) electrons. The average molecular weight is 415 g/mol. The second-order valence-electron chi connectivity index (χ2n) is 6.02. The monoisotopic (exact) mass is 415 g/mol. The van der Waals surface area contributed by atoms with Crippen molar-refractivity contribution in [2.45, 2.75) is 37.6 Å². The largest absolute Gasteiger partial charge is 0.497 e. The number of nitrogens with one attached hydrogen (secondary N) is 1. The van der Waals surface area contributed by atoms with Crippen molar-refractivity contribution in [3.63, 3.8) is 0 Å². The first-order chi connectivity index (χ1) is 10.3. The van der Waals surface area contributed by atoms with E-state index < -0.39 is 0 Å². The van der Waals surface area contributed by atoms with Crippen molar-refractivity contribution in [3.05, 3.63) is 29.8 Å². The Hall–Kier alpha value is -0.980. The van der Waals surface area contributed by atoms with Crippen LogP contribution in [0.3, 0.4) is 0 Å². The molecule has 0 aromatic heterocycles. The van der Waals surface area contributed by atoms with Gasteiger partial charge in [-0.1, -0.05) is 12.1 Å². The van der Waals surface area contributed by atoms with Crippen LogP contribution in [-0.4, -0.2) is 44.1 Å². The lowest BCUT2D eigenvalue weighted by atomic mass is 9.93. The molecule has 22 heavy (non-hydrogen) atoms. The summed E-state index contributed by atoms with van der Waals surface area (Å²) in [4.78, 5) is 6.85. The van der Waals surface area contributed by atoms with E-state index >= 15 is 0 Å². The first-order valence-corrected chi connectivity index (χ1v) is 7.92. The van der Waals surface area contributed by atoms with Crippen LogP contribution in [0.4, 0.5) is 0 Å². The molecular weight excluding hydrogens is 389 g/mol. The third kappa shape index (κ3) is 3.86. The number of rotatable bonds is 3. The molecule has 1 saturated carbocycles. The van der Waals surface area contributed by atoms with E-state index in [4.69, 9.17) is 4.74 Å². The van der Waals surface area contributed by atoms with E-state index in [1.165, 1.54) is 31.2 Å². The lowest BCUT2D eigenvalue weighted by Crippen LogP contribution is -2.47. The van der Waals surface area contributed by atoms with Crippen molar-refractivity contribution in [1.29, 1.82) is 0 Å². The summed E-state index contributed by atoms with van der Waals surface area (Å²) in [6.45, 7) is 2.14. The standard InChI is InChI=1S/C17H25N3O.HI/c1-18-17(19-15-4-3-5-15)20-11-10-14(12-20)13-6-8-16(21-2)9-7-13;/h6-9,14-15H,3-5,10-12H2,1-2H3,(H,18,19);1H. The van der Waals surface area contributed by atoms with Gasteiger partial charge in [0.25, 0.3) is 0 Å². The van der Waals surface area contributed by atoms with Crippen molar-refractivity contribution in [2.75, 3.05) is 27.2 Å². The first-order valence-electron chi connectivity index (χ1n) is 7.92. The molecule has 1 aromatic carbocycles. The summed E-state index contributed by atoms with van der Waals surface area (Å²) in [5.74, 6) is 2.60. The van der Waals surface area contributed by atoms with E-state index in [9.17, 15) is 0 Å². The zero-order chi connectivity index (χ0) is 14.7. The van der Waals surface area contributed by atoms with Gasteiger partial charge in [0.1, 0.15) is 5.75 Å². The SMILES string of the molecule is CN=C(NC1CCC1)N1CCC(c2ccc(OC)cc2)C1.I. The molecule has 0 bridgehead atoms. The molecular formula is C17H26IN3O. The Morgan fingerprint density at radius 1 is 1.23 bits per heavy atom. The molecule has 2 aliphatic rings. The van der Waals surface area contributed by atoms with E-state index in [0.29, 0.717) is 12.0 Å². The summed E-state index contributed by atoms with van der Waals surface area (Å²) < 4.78 is 5.23. The van der Waals surface area contributed by atoms with Crippen LogP contribution in [0.2, 0.25) is 0 Å². The molecule has 1 N–H and O–H groups in total. The van der Waals surface area contributed by atoms with Crippen molar-refractivity contribution in [2.24, 2.45) is 4.99 Å². The zero-order valence-corrected chi connectivity index (χ0v) is 15.7. The number of hydrogen-bond acceptors (Lipinski definition) is 2. The van der Waals surface area contributed by atoms with E-state index in [1.807, 2.05) is 7.05 Å². The highest BCUT2D eigenvalue weighted by molar-refractivity contribution is 14.0. The molecule has 1 aromatic rings. The summed E-state index contributed by atoms with van der Waals surface area (Å²) >= 11 is 0. The van der Waals surface area contributed by atoms with Crippen molar-refractivity contribution in [1.82, 2.24) is 10.2 Å². The normalized spacial score (nSPS) is 22.0. The summed E-state index contributed by atoms with van der Waals surface area (Å²) in [6.07, 6.45) is 5.12. The molecule has 1 aliphatic carbocycles. The lowest BCUT2D eigenvalue weighted by molar-refractivity contribution is 0.361. The topological polar surface area (TPSA) is 36.9 Å². The number of aliphatic imine (C=N–C) groups is 1. The Balaban J connectivity index is 0.00000176. The third-order valence-electron chi connectivity index (χ3n) is 4.73. The highest BCUT2D eigenvalue weighted by Gasteiger charge is 2.28. The predicted molar refractivity (Wildman–Crippen MR) is 101 cm³/mol. The van der Waals surface area contributed by atoms with Crippen LogP contribution in [0, 0.1) is 0 Å². The van der Waals surface area contributed by atoms with Crippen LogP contribution in [0.15, 0.2) is 29.3 Å². The molecule has 122 valence electrons. The minimum atomic E-state index is 0. The number of likely N-dealkylation sites (tertiary alicyclic amines) is 1.